The van der Waals surface area contributed by atoms with E-state index in [9.17, 15) is 0 Å². The first kappa shape index (κ1) is 12.2. The highest BCUT2D eigenvalue weighted by Gasteiger charge is 2.15. The number of aryl methyl sites for hydroxylation is 2. The summed E-state index contributed by atoms with van der Waals surface area (Å²) >= 11 is 11.7. The van der Waals surface area contributed by atoms with E-state index in [-0.39, 0.29) is 5.38 Å². The van der Waals surface area contributed by atoms with Crippen LogP contribution in [0.2, 0.25) is 0 Å². The molecule has 0 nitrogen and oxygen atoms in total. The van der Waals surface area contributed by atoms with Crippen molar-refractivity contribution in [1.82, 2.24) is 0 Å². The summed E-state index contributed by atoms with van der Waals surface area (Å²) in [6.07, 6.45) is 0. The van der Waals surface area contributed by atoms with Gasteiger partial charge in [0.15, 0.2) is 0 Å². The molecule has 0 radical (unpaired) electrons. The highest BCUT2D eigenvalue weighted by atomic mass is 79.9. The van der Waals surface area contributed by atoms with Gasteiger partial charge in [-0.15, -0.1) is 22.9 Å². The maximum atomic E-state index is 6.51. The zero-order chi connectivity index (χ0) is 11.7. The molecule has 1 aromatic heterocycles. The highest BCUT2D eigenvalue weighted by Crippen LogP contribution is 2.37. The van der Waals surface area contributed by atoms with Crippen LogP contribution in [0.5, 0.6) is 0 Å². The molecule has 2 aromatic rings. The van der Waals surface area contributed by atoms with Gasteiger partial charge in [-0.05, 0) is 53.0 Å². The molecule has 3 heteroatoms. The van der Waals surface area contributed by atoms with E-state index < -0.39 is 0 Å². The molecule has 1 aromatic carbocycles. The van der Waals surface area contributed by atoms with Crippen LogP contribution in [0.25, 0.3) is 0 Å². The quantitative estimate of drug-likeness (QED) is 0.646. The first-order valence-corrected chi connectivity index (χ1v) is 7.09. The zero-order valence-electron chi connectivity index (χ0n) is 9.13. The molecule has 0 N–H and O–H groups in total. The zero-order valence-corrected chi connectivity index (χ0v) is 12.3. The van der Waals surface area contributed by atoms with Crippen molar-refractivity contribution in [2.75, 3.05) is 0 Å². The lowest BCUT2D eigenvalue weighted by molar-refractivity contribution is 1.13. The normalized spacial score (nSPS) is 12.8. The second kappa shape index (κ2) is 4.91. The molecule has 84 valence electrons. The van der Waals surface area contributed by atoms with Gasteiger partial charge in [0.1, 0.15) is 0 Å². The summed E-state index contributed by atoms with van der Waals surface area (Å²) in [5, 5.41) is -0.0452. The Morgan fingerprint density at radius 1 is 1.19 bits per heavy atom. The van der Waals surface area contributed by atoms with E-state index in [0.717, 1.165) is 3.79 Å². The largest absolute Gasteiger partial charge is 0.131 e. The van der Waals surface area contributed by atoms with Gasteiger partial charge in [-0.2, -0.15) is 0 Å². The third kappa shape index (κ3) is 2.50. The van der Waals surface area contributed by atoms with Crippen LogP contribution in [0.1, 0.15) is 26.9 Å². The minimum Gasteiger partial charge on any atom is -0.131 e. The number of thiophene rings is 1. The van der Waals surface area contributed by atoms with Gasteiger partial charge in [0.05, 0.1) is 9.16 Å². The van der Waals surface area contributed by atoms with E-state index in [1.165, 1.54) is 21.6 Å². The maximum absolute atomic E-state index is 6.51. The Bertz CT molecular complexity index is 504. The third-order valence-electron chi connectivity index (χ3n) is 2.55. The van der Waals surface area contributed by atoms with Gasteiger partial charge in [-0.3, -0.25) is 0 Å². The van der Waals surface area contributed by atoms with Gasteiger partial charge in [-0.25, -0.2) is 0 Å². The molecule has 1 unspecified atom stereocenters. The minimum absolute atomic E-state index is 0.0452. The molecule has 0 bridgehead atoms. The fraction of sp³-hybridized carbons (Fsp3) is 0.231. The lowest BCUT2D eigenvalue weighted by Gasteiger charge is -2.12. The molecular weight excluding hydrogens is 304 g/mol. The molecule has 0 saturated heterocycles. The number of alkyl halides is 1. The smallest absolute Gasteiger partial charge is 0.0930 e. The standard InChI is InChI=1S/C13H12BrClS/c1-8-3-4-9(2)10(7-8)13(15)11-5-6-12(14)16-11/h3-7,13H,1-2H3. The lowest BCUT2D eigenvalue weighted by atomic mass is 10.0. The molecule has 2 rings (SSSR count). The molecular formula is C13H12BrClS. The van der Waals surface area contributed by atoms with Crippen LogP contribution in [0, 0.1) is 13.8 Å². The number of benzene rings is 1. The predicted molar refractivity (Wildman–Crippen MR) is 75.6 cm³/mol. The fourth-order valence-corrected chi connectivity index (χ4v) is 3.51. The van der Waals surface area contributed by atoms with Crippen LogP contribution in [0.4, 0.5) is 0 Å². The Morgan fingerprint density at radius 2 is 1.94 bits per heavy atom. The SMILES string of the molecule is Cc1ccc(C)c(C(Cl)c2ccc(Br)s2)c1. The average Bonchev–Trinajstić information content (AvgIpc) is 2.67. The molecule has 0 aliphatic rings. The van der Waals surface area contributed by atoms with Gasteiger partial charge < -0.3 is 0 Å². The monoisotopic (exact) mass is 314 g/mol. The Labute approximate surface area is 113 Å². The molecule has 1 atom stereocenters. The molecule has 0 aliphatic carbocycles. The van der Waals surface area contributed by atoms with Gasteiger partial charge in [0, 0.05) is 4.88 Å². The molecule has 16 heavy (non-hydrogen) atoms. The van der Waals surface area contributed by atoms with Crippen LogP contribution in [-0.4, -0.2) is 0 Å². The van der Waals surface area contributed by atoms with E-state index >= 15 is 0 Å². The van der Waals surface area contributed by atoms with Crippen molar-refractivity contribution in [3.63, 3.8) is 0 Å². The van der Waals surface area contributed by atoms with Gasteiger partial charge in [-0.1, -0.05) is 23.8 Å². The highest BCUT2D eigenvalue weighted by molar-refractivity contribution is 9.11. The molecule has 0 aliphatic heterocycles. The summed E-state index contributed by atoms with van der Waals surface area (Å²) < 4.78 is 1.12. The lowest BCUT2D eigenvalue weighted by Crippen LogP contribution is -1.94. The van der Waals surface area contributed by atoms with Crippen molar-refractivity contribution >= 4 is 38.9 Å². The van der Waals surface area contributed by atoms with Crippen molar-refractivity contribution < 1.29 is 0 Å². The fourth-order valence-electron chi connectivity index (χ4n) is 1.65. The Hall–Kier alpha value is -0.310. The molecule has 0 saturated carbocycles. The van der Waals surface area contributed by atoms with E-state index in [1.807, 2.05) is 6.07 Å². The second-order valence-corrected chi connectivity index (χ2v) is 6.80. The van der Waals surface area contributed by atoms with Crippen LogP contribution in [-0.2, 0) is 0 Å². The first-order valence-electron chi connectivity index (χ1n) is 5.04. The Morgan fingerprint density at radius 3 is 2.56 bits per heavy atom. The number of rotatable bonds is 2. The van der Waals surface area contributed by atoms with Crippen LogP contribution >= 0.6 is 38.9 Å². The minimum atomic E-state index is -0.0452. The van der Waals surface area contributed by atoms with E-state index in [4.69, 9.17) is 11.6 Å². The van der Waals surface area contributed by atoms with Crippen molar-refractivity contribution in [1.29, 1.82) is 0 Å². The summed E-state index contributed by atoms with van der Waals surface area (Å²) in [6.45, 7) is 4.20. The van der Waals surface area contributed by atoms with Crippen LogP contribution in [0.3, 0.4) is 0 Å². The van der Waals surface area contributed by atoms with E-state index in [1.54, 1.807) is 11.3 Å². The number of hydrogen-bond donors (Lipinski definition) is 0. The Balaban J connectivity index is 2.40. The van der Waals surface area contributed by atoms with Crippen molar-refractivity contribution in [3.05, 3.63) is 55.7 Å². The Kier molecular flexibility index (Phi) is 3.73. The summed E-state index contributed by atoms with van der Waals surface area (Å²) in [4.78, 5) is 1.18. The van der Waals surface area contributed by atoms with E-state index in [2.05, 4.69) is 54.0 Å². The summed E-state index contributed by atoms with van der Waals surface area (Å²) in [6, 6.07) is 10.5. The van der Waals surface area contributed by atoms with Gasteiger partial charge in [0.2, 0.25) is 0 Å². The molecule has 0 fully saturated rings. The average molecular weight is 316 g/mol. The summed E-state index contributed by atoms with van der Waals surface area (Å²) in [7, 11) is 0. The van der Waals surface area contributed by atoms with Crippen molar-refractivity contribution in [2.45, 2.75) is 19.2 Å². The molecule has 1 heterocycles. The number of halogens is 2. The maximum Gasteiger partial charge on any atom is 0.0930 e. The third-order valence-corrected chi connectivity index (χ3v) is 4.84. The molecule has 0 amide bonds. The summed E-state index contributed by atoms with van der Waals surface area (Å²) in [5.74, 6) is 0. The van der Waals surface area contributed by atoms with E-state index in [0.29, 0.717) is 0 Å². The van der Waals surface area contributed by atoms with Crippen molar-refractivity contribution in [3.8, 4) is 0 Å². The predicted octanol–water partition coefficient (Wildman–Crippen LogP) is 5.46. The second-order valence-electron chi connectivity index (χ2n) is 3.86. The molecule has 0 spiro atoms. The number of hydrogen-bond acceptors (Lipinski definition) is 1. The van der Waals surface area contributed by atoms with Gasteiger partial charge in [0.25, 0.3) is 0 Å². The van der Waals surface area contributed by atoms with Crippen LogP contribution in [0.15, 0.2) is 34.1 Å². The van der Waals surface area contributed by atoms with Gasteiger partial charge >= 0.3 is 0 Å². The van der Waals surface area contributed by atoms with Crippen molar-refractivity contribution in [2.24, 2.45) is 0 Å². The van der Waals surface area contributed by atoms with Crippen LogP contribution < -0.4 is 0 Å². The topological polar surface area (TPSA) is 0 Å². The summed E-state index contributed by atoms with van der Waals surface area (Å²) in [5.41, 5.74) is 3.70. The first-order chi connectivity index (χ1) is 7.58.